The summed E-state index contributed by atoms with van der Waals surface area (Å²) in [5, 5.41) is 2.82. The van der Waals surface area contributed by atoms with Gasteiger partial charge in [-0.05, 0) is 35.6 Å². The van der Waals surface area contributed by atoms with Crippen molar-refractivity contribution < 1.29 is 14.3 Å². The van der Waals surface area contributed by atoms with Crippen LogP contribution >= 0.6 is 69.2 Å². The molecule has 0 bridgehead atoms. The molecule has 2 aliphatic rings. The third-order valence-corrected chi connectivity index (χ3v) is 5.41. The molecule has 1 N–H and O–H groups in total. The van der Waals surface area contributed by atoms with E-state index >= 15 is 0 Å². The fourth-order valence-electron chi connectivity index (χ4n) is 1.96. The number of amides is 2. The summed E-state index contributed by atoms with van der Waals surface area (Å²) in [6.45, 7) is 1.52. The molecule has 2 rings (SSSR count). The largest absolute Gasteiger partial charge is 0.444 e. The van der Waals surface area contributed by atoms with Crippen LogP contribution < -0.4 is 5.32 Å². The van der Waals surface area contributed by atoms with Crippen LogP contribution in [-0.4, -0.2) is 33.1 Å². The van der Waals surface area contributed by atoms with E-state index in [-0.39, 0.29) is 18.4 Å². The van der Waals surface area contributed by atoms with Crippen LogP contribution in [0.15, 0.2) is 32.7 Å². The van der Waals surface area contributed by atoms with Gasteiger partial charge < -0.3 is 10.1 Å². The summed E-state index contributed by atoms with van der Waals surface area (Å²) < 4.78 is 3.97. The van der Waals surface area contributed by atoms with Crippen molar-refractivity contribution in [3.05, 3.63) is 32.7 Å². The first-order valence-corrected chi connectivity index (χ1v) is 9.59. The summed E-state index contributed by atoms with van der Waals surface area (Å²) >= 11 is 20.2. The van der Waals surface area contributed by atoms with Gasteiger partial charge in [0, 0.05) is 22.7 Å². The minimum Gasteiger partial charge on any atom is -0.444 e. The second-order valence-corrected chi connectivity index (χ2v) is 9.36. The van der Waals surface area contributed by atoms with E-state index in [1.807, 2.05) is 41.7 Å². The number of allylic oxidation sites excluding steroid dienone is 4. The van der Waals surface area contributed by atoms with Crippen LogP contribution in [0.3, 0.4) is 0 Å². The van der Waals surface area contributed by atoms with Crippen molar-refractivity contribution in [2.45, 2.75) is 10.7 Å². The predicted molar refractivity (Wildman–Crippen MR) is 102 cm³/mol. The summed E-state index contributed by atoms with van der Waals surface area (Å²) in [5.41, 5.74) is 0.827. The van der Waals surface area contributed by atoms with E-state index in [1.165, 1.54) is 16.7 Å². The minimum absolute atomic E-state index is 0.00775. The molecule has 2 aliphatic heterocycles. The van der Waals surface area contributed by atoms with Crippen molar-refractivity contribution >= 4 is 81.2 Å². The Kier molecular flexibility index (Phi) is 6.57. The molecule has 126 valence electrons. The number of carbonyl (C=O) groups excluding carboxylic acids is 2. The van der Waals surface area contributed by atoms with Crippen molar-refractivity contribution in [1.82, 2.24) is 10.2 Å². The molecule has 0 aromatic carbocycles. The second kappa shape index (κ2) is 7.86. The molecule has 2 amide bonds. The van der Waals surface area contributed by atoms with E-state index < -0.39 is 9.89 Å². The van der Waals surface area contributed by atoms with Crippen LogP contribution in [0.1, 0.15) is 6.92 Å². The quantitative estimate of drug-likeness (QED) is 0.343. The Labute approximate surface area is 166 Å². The fraction of sp³-hybridized carbons (Fsp3) is 0.385. The van der Waals surface area contributed by atoms with Crippen LogP contribution in [0.2, 0.25) is 0 Å². The van der Waals surface area contributed by atoms with Crippen LogP contribution in [0.4, 0.5) is 4.79 Å². The summed E-state index contributed by atoms with van der Waals surface area (Å²) in [5.74, 6) is 0.368. The van der Waals surface area contributed by atoms with E-state index in [0.717, 1.165) is 10.6 Å². The van der Waals surface area contributed by atoms with Gasteiger partial charge in [-0.3, -0.25) is 4.79 Å². The van der Waals surface area contributed by atoms with Crippen molar-refractivity contribution in [3.8, 4) is 0 Å². The van der Waals surface area contributed by atoms with Crippen molar-refractivity contribution in [2.75, 3.05) is 12.4 Å². The average molecular weight is 510 g/mol. The molecule has 0 saturated carbocycles. The third-order valence-electron chi connectivity index (χ3n) is 2.90. The summed E-state index contributed by atoms with van der Waals surface area (Å²) in [6, 6.07) is 0. The van der Waals surface area contributed by atoms with Gasteiger partial charge in [0.1, 0.15) is 6.61 Å². The Hall–Kier alpha value is -0.0900. The molecule has 0 aliphatic carbocycles. The second-order valence-electron chi connectivity index (χ2n) is 4.72. The highest BCUT2D eigenvalue weighted by Crippen LogP contribution is 2.36. The molecule has 0 spiro atoms. The first kappa shape index (κ1) is 19.2. The van der Waals surface area contributed by atoms with Gasteiger partial charge >= 0.3 is 6.09 Å². The molecule has 2 heterocycles. The number of nitrogens with zero attached hydrogens (tertiary/aromatic N) is 1. The lowest BCUT2D eigenvalue weighted by molar-refractivity contribution is -0.117. The monoisotopic (exact) mass is 508 g/mol. The highest BCUT2D eigenvalue weighted by atomic mass is 127. The normalized spacial score (nSPS) is 22.0. The smallest absolute Gasteiger partial charge is 0.418 e. The maximum absolute atomic E-state index is 12.0. The SMILES string of the molecule is CC1=C(C2C=CN(C(=O)OCC(Cl)(Cl)Cl)C(I)=C2)SCC(=O)N1. The number of hydrogen-bond donors (Lipinski definition) is 1. The number of thioether (sulfide) groups is 1. The summed E-state index contributed by atoms with van der Waals surface area (Å²) in [4.78, 5) is 25.7. The maximum atomic E-state index is 12.0. The highest BCUT2D eigenvalue weighted by molar-refractivity contribution is 14.1. The van der Waals surface area contributed by atoms with Gasteiger partial charge in [-0.25, -0.2) is 9.69 Å². The van der Waals surface area contributed by atoms with Crippen LogP contribution in [0, 0.1) is 5.92 Å². The maximum Gasteiger partial charge on any atom is 0.418 e. The fourth-order valence-corrected chi connectivity index (χ4v) is 3.84. The number of rotatable bonds is 2. The number of hydrogen-bond acceptors (Lipinski definition) is 4. The Balaban J connectivity index is 2.06. The Morgan fingerprint density at radius 2 is 2.26 bits per heavy atom. The molecular weight excluding hydrogens is 497 g/mol. The number of ether oxygens (including phenoxy) is 1. The average Bonchev–Trinajstić information content (AvgIpc) is 2.44. The Morgan fingerprint density at radius 3 is 2.83 bits per heavy atom. The topological polar surface area (TPSA) is 58.6 Å². The molecule has 1 unspecified atom stereocenters. The van der Waals surface area contributed by atoms with Gasteiger partial charge in [0.25, 0.3) is 0 Å². The Morgan fingerprint density at radius 1 is 1.57 bits per heavy atom. The molecule has 23 heavy (non-hydrogen) atoms. The molecule has 0 radical (unpaired) electrons. The standard InChI is InChI=1S/C13H12Cl3IN2O3S/c1-7-11(23-5-10(20)18-7)8-2-3-19(9(17)4-8)12(21)22-6-13(14,15)16/h2-4,8H,5-6H2,1H3,(H,18,20). The minimum atomic E-state index is -1.65. The molecule has 0 fully saturated rings. The van der Waals surface area contributed by atoms with Gasteiger partial charge in [-0.2, -0.15) is 0 Å². The molecule has 1 atom stereocenters. The van der Waals surface area contributed by atoms with Crippen molar-refractivity contribution in [3.63, 3.8) is 0 Å². The third kappa shape index (κ3) is 5.45. The van der Waals surface area contributed by atoms with Crippen molar-refractivity contribution in [2.24, 2.45) is 5.92 Å². The predicted octanol–water partition coefficient (Wildman–Crippen LogP) is 4.31. The first-order chi connectivity index (χ1) is 10.7. The van der Waals surface area contributed by atoms with E-state index in [0.29, 0.717) is 9.46 Å². The lowest BCUT2D eigenvalue weighted by Gasteiger charge is -2.27. The van der Waals surface area contributed by atoms with E-state index in [1.54, 1.807) is 6.20 Å². The Bertz CT molecular complexity index is 616. The number of nitrogens with one attached hydrogen (secondary N) is 1. The zero-order valence-electron chi connectivity index (χ0n) is 11.8. The van der Waals surface area contributed by atoms with Gasteiger partial charge in [-0.1, -0.05) is 40.9 Å². The van der Waals surface area contributed by atoms with Crippen LogP contribution in [-0.2, 0) is 9.53 Å². The molecule has 0 saturated heterocycles. The molecule has 10 heteroatoms. The summed E-state index contributed by atoms with van der Waals surface area (Å²) in [6.07, 6.45) is 4.74. The van der Waals surface area contributed by atoms with Crippen LogP contribution in [0.25, 0.3) is 0 Å². The highest BCUT2D eigenvalue weighted by Gasteiger charge is 2.28. The van der Waals surface area contributed by atoms with E-state index in [9.17, 15) is 9.59 Å². The van der Waals surface area contributed by atoms with Crippen LogP contribution in [0.5, 0.6) is 0 Å². The lowest BCUT2D eigenvalue weighted by atomic mass is 10.1. The zero-order chi connectivity index (χ0) is 17.2. The number of alkyl halides is 3. The molecule has 0 aromatic rings. The van der Waals surface area contributed by atoms with E-state index in [2.05, 4.69) is 5.32 Å². The van der Waals surface area contributed by atoms with E-state index in [4.69, 9.17) is 39.5 Å². The van der Waals surface area contributed by atoms with Gasteiger partial charge in [0.05, 0.1) is 9.46 Å². The van der Waals surface area contributed by atoms with Gasteiger partial charge in [0.2, 0.25) is 9.70 Å². The van der Waals surface area contributed by atoms with Crippen molar-refractivity contribution in [1.29, 1.82) is 0 Å². The number of halogens is 4. The van der Waals surface area contributed by atoms with Gasteiger partial charge in [0.15, 0.2) is 0 Å². The molecule has 5 nitrogen and oxygen atoms in total. The lowest BCUT2D eigenvalue weighted by Crippen LogP contribution is -2.31. The summed E-state index contributed by atoms with van der Waals surface area (Å²) in [7, 11) is 0. The first-order valence-electron chi connectivity index (χ1n) is 6.39. The molecule has 0 aromatic heterocycles. The zero-order valence-corrected chi connectivity index (χ0v) is 17.1. The number of carbonyl (C=O) groups is 2. The molecular formula is C13H12Cl3IN2O3S. The van der Waals surface area contributed by atoms with Gasteiger partial charge in [-0.15, -0.1) is 11.8 Å².